The van der Waals surface area contributed by atoms with Gasteiger partial charge in [0, 0.05) is 6.42 Å². The minimum absolute atomic E-state index is 0.0280. The van der Waals surface area contributed by atoms with Crippen LogP contribution in [0.1, 0.15) is 25.2 Å². The van der Waals surface area contributed by atoms with Gasteiger partial charge in [-0.25, -0.2) is 4.79 Å². The SMILES string of the molecule is Cc1ccc(S(=O)(=O)OCC(C)(C)Cc2cc3ccccc3c(=O)o2)cc1. The Morgan fingerprint density at radius 1 is 1.04 bits per heavy atom. The lowest BCUT2D eigenvalue weighted by Crippen LogP contribution is -2.25. The van der Waals surface area contributed by atoms with Crippen LogP contribution in [0.5, 0.6) is 0 Å². The lowest BCUT2D eigenvalue weighted by Gasteiger charge is -2.23. The third-order valence-electron chi connectivity index (χ3n) is 4.29. The molecule has 0 amide bonds. The van der Waals surface area contributed by atoms with Crippen molar-refractivity contribution in [3.05, 3.63) is 76.3 Å². The van der Waals surface area contributed by atoms with Crippen LogP contribution in [0.25, 0.3) is 10.8 Å². The Balaban J connectivity index is 1.75. The first-order chi connectivity index (χ1) is 12.7. The Morgan fingerprint density at radius 3 is 2.41 bits per heavy atom. The normalized spacial score (nSPS) is 12.4. The Labute approximate surface area is 158 Å². The van der Waals surface area contributed by atoms with Crippen molar-refractivity contribution in [2.45, 2.75) is 32.1 Å². The van der Waals surface area contributed by atoms with E-state index in [0.29, 0.717) is 17.6 Å². The first-order valence-corrected chi connectivity index (χ1v) is 10.1. The molecule has 1 aromatic heterocycles. The van der Waals surface area contributed by atoms with Gasteiger partial charge in [0.05, 0.1) is 16.9 Å². The number of rotatable bonds is 6. The van der Waals surface area contributed by atoms with Crippen molar-refractivity contribution in [1.82, 2.24) is 0 Å². The molecule has 0 atom stereocenters. The van der Waals surface area contributed by atoms with Crippen molar-refractivity contribution < 1.29 is 17.0 Å². The van der Waals surface area contributed by atoms with Crippen molar-refractivity contribution >= 4 is 20.9 Å². The van der Waals surface area contributed by atoms with Crippen molar-refractivity contribution in [2.24, 2.45) is 5.41 Å². The van der Waals surface area contributed by atoms with E-state index >= 15 is 0 Å². The molecule has 0 saturated carbocycles. The molecule has 2 aromatic carbocycles. The Kier molecular flexibility index (Phi) is 5.22. The summed E-state index contributed by atoms with van der Waals surface area (Å²) < 4.78 is 35.4. The van der Waals surface area contributed by atoms with Crippen LogP contribution in [-0.4, -0.2) is 15.0 Å². The molecule has 0 aliphatic heterocycles. The predicted octanol–water partition coefficient (Wildman–Crippen LogP) is 4.08. The molecule has 142 valence electrons. The Bertz CT molecular complexity index is 1110. The Hall–Kier alpha value is -2.44. The van der Waals surface area contributed by atoms with Gasteiger partial charge in [-0.1, -0.05) is 49.7 Å². The molecule has 0 radical (unpaired) electrons. The predicted molar refractivity (Wildman–Crippen MR) is 104 cm³/mol. The van der Waals surface area contributed by atoms with Crippen LogP contribution in [0.2, 0.25) is 0 Å². The van der Waals surface area contributed by atoms with Gasteiger partial charge >= 0.3 is 5.63 Å². The minimum Gasteiger partial charge on any atom is -0.427 e. The summed E-state index contributed by atoms with van der Waals surface area (Å²) in [5.41, 5.74) is 0.0311. The Morgan fingerprint density at radius 2 is 1.70 bits per heavy atom. The van der Waals surface area contributed by atoms with Crippen LogP contribution >= 0.6 is 0 Å². The number of aryl methyl sites for hydroxylation is 1. The molecule has 0 aliphatic rings. The van der Waals surface area contributed by atoms with Gasteiger partial charge in [-0.3, -0.25) is 4.18 Å². The van der Waals surface area contributed by atoms with Crippen molar-refractivity contribution in [2.75, 3.05) is 6.61 Å². The molecule has 6 heteroatoms. The first-order valence-electron chi connectivity index (χ1n) is 8.64. The summed E-state index contributed by atoms with van der Waals surface area (Å²) in [7, 11) is -3.84. The second-order valence-corrected chi connectivity index (χ2v) is 9.07. The van der Waals surface area contributed by atoms with Gasteiger partial charge in [0.25, 0.3) is 10.1 Å². The fourth-order valence-corrected chi connectivity index (χ4v) is 3.89. The van der Waals surface area contributed by atoms with E-state index < -0.39 is 21.2 Å². The highest BCUT2D eigenvalue weighted by atomic mass is 32.2. The number of fused-ring (bicyclic) bond motifs is 1. The molecule has 5 nitrogen and oxygen atoms in total. The third-order valence-corrected chi connectivity index (χ3v) is 5.57. The molecule has 0 fully saturated rings. The number of hydrogen-bond donors (Lipinski definition) is 0. The van der Waals surface area contributed by atoms with E-state index in [9.17, 15) is 13.2 Å². The molecule has 27 heavy (non-hydrogen) atoms. The smallest absolute Gasteiger partial charge is 0.343 e. The van der Waals surface area contributed by atoms with Crippen LogP contribution in [0.4, 0.5) is 0 Å². The fourth-order valence-electron chi connectivity index (χ4n) is 2.81. The summed E-state index contributed by atoms with van der Waals surface area (Å²) in [5, 5.41) is 1.32. The van der Waals surface area contributed by atoms with Gasteiger partial charge in [0.15, 0.2) is 0 Å². The molecular formula is C21H22O5S. The number of hydrogen-bond acceptors (Lipinski definition) is 5. The second-order valence-electron chi connectivity index (χ2n) is 7.46. The summed E-state index contributed by atoms with van der Waals surface area (Å²) >= 11 is 0. The molecule has 3 aromatic rings. The van der Waals surface area contributed by atoms with Crippen molar-refractivity contribution in [3.63, 3.8) is 0 Å². The van der Waals surface area contributed by atoms with Gasteiger partial charge in [0.1, 0.15) is 5.76 Å². The van der Waals surface area contributed by atoms with E-state index in [1.54, 1.807) is 24.3 Å². The maximum atomic E-state index is 12.4. The lowest BCUT2D eigenvalue weighted by molar-refractivity contribution is 0.176. The highest BCUT2D eigenvalue weighted by Crippen LogP contribution is 2.25. The maximum absolute atomic E-state index is 12.4. The highest BCUT2D eigenvalue weighted by Gasteiger charge is 2.25. The van der Waals surface area contributed by atoms with E-state index in [1.807, 2.05) is 39.0 Å². The van der Waals surface area contributed by atoms with E-state index in [-0.39, 0.29) is 11.5 Å². The summed E-state index contributed by atoms with van der Waals surface area (Å²) in [4.78, 5) is 12.2. The molecule has 0 N–H and O–H groups in total. The largest absolute Gasteiger partial charge is 0.427 e. The van der Waals surface area contributed by atoms with Gasteiger partial charge in [0.2, 0.25) is 0 Å². The standard InChI is InChI=1S/C21H22O5S/c1-15-8-10-18(11-9-15)27(23,24)25-14-21(2,3)13-17-12-16-6-4-5-7-19(16)20(22)26-17/h4-12H,13-14H2,1-3H3. The summed E-state index contributed by atoms with van der Waals surface area (Å²) in [6, 6.07) is 15.5. The highest BCUT2D eigenvalue weighted by molar-refractivity contribution is 7.86. The molecule has 1 heterocycles. The summed E-state index contributed by atoms with van der Waals surface area (Å²) in [6.45, 7) is 5.59. The monoisotopic (exact) mass is 386 g/mol. The van der Waals surface area contributed by atoms with E-state index in [0.717, 1.165) is 10.9 Å². The molecule has 3 rings (SSSR count). The van der Waals surface area contributed by atoms with Crippen molar-refractivity contribution in [1.29, 1.82) is 0 Å². The number of benzene rings is 2. The summed E-state index contributed by atoms with van der Waals surface area (Å²) in [6.07, 6.45) is 0.372. The zero-order valence-corrected chi connectivity index (χ0v) is 16.4. The van der Waals surface area contributed by atoms with Crippen LogP contribution in [0, 0.1) is 12.3 Å². The van der Waals surface area contributed by atoms with Crippen LogP contribution < -0.4 is 5.63 Å². The molecular weight excluding hydrogens is 364 g/mol. The van der Waals surface area contributed by atoms with Crippen LogP contribution in [-0.2, 0) is 20.7 Å². The maximum Gasteiger partial charge on any atom is 0.343 e. The van der Waals surface area contributed by atoms with E-state index in [2.05, 4.69) is 0 Å². The van der Waals surface area contributed by atoms with Gasteiger partial charge in [-0.15, -0.1) is 0 Å². The van der Waals surface area contributed by atoms with Gasteiger partial charge < -0.3 is 4.42 Å². The molecule has 0 spiro atoms. The fraction of sp³-hybridized carbons (Fsp3) is 0.286. The average molecular weight is 386 g/mol. The second kappa shape index (κ2) is 7.29. The quantitative estimate of drug-likeness (QED) is 0.597. The topological polar surface area (TPSA) is 73.6 Å². The first kappa shape index (κ1) is 19.3. The lowest BCUT2D eigenvalue weighted by atomic mass is 9.89. The van der Waals surface area contributed by atoms with Crippen molar-refractivity contribution in [3.8, 4) is 0 Å². The zero-order chi connectivity index (χ0) is 19.7. The van der Waals surface area contributed by atoms with Crippen LogP contribution in [0.3, 0.4) is 0 Å². The molecule has 0 saturated heterocycles. The van der Waals surface area contributed by atoms with Crippen LogP contribution in [0.15, 0.2) is 68.7 Å². The molecule has 0 bridgehead atoms. The van der Waals surface area contributed by atoms with E-state index in [1.165, 1.54) is 12.1 Å². The summed E-state index contributed by atoms with van der Waals surface area (Å²) in [5.74, 6) is 0.500. The molecule has 0 aliphatic carbocycles. The average Bonchev–Trinajstić information content (AvgIpc) is 2.60. The minimum atomic E-state index is -3.84. The van der Waals surface area contributed by atoms with E-state index in [4.69, 9.17) is 8.60 Å². The van der Waals surface area contributed by atoms with Gasteiger partial charge in [-0.05, 0) is 42.0 Å². The molecule has 0 unspecified atom stereocenters. The third kappa shape index (κ3) is 4.64. The zero-order valence-electron chi connectivity index (χ0n) is 15.6. The van der Waals surface area contributed by atoms with Gasteiger partial charge in [-0.2, -0.15) is 8.42 Å².